The molecule has 0 fully saturated rings. The lowest BCUT2D eigenvalue weighted by Crippen LogP contribution is -2.21. The Kier molecular flexibility index (Phi) is 12.1. The average Bonchev–Trinajstić information content (AvgIpc) is 2.91. The highest BCUT2D eigenvalue weighted by molar-refractivity contribution is 5.82. The number of nitrogen functional groups attached to an aromatic ring is 2. The van der Waals surface area contributed by atoms with E-state index in [4.69, 9.17) is 45.5 Å². The second kappa shape index (κ2) is 15.2. The Morgan fingerprint density at radius 2 is 0.953 bits per heavy atom. The van der Waals surface area contributed by atoms with E-state index in [0.29, 0.717) is 38.1 Å². The van der Waals surface area contributed by atoms with Crippen molar-refractivity contribution in [1.82, 2.24) is 9.97 Å². The Morgan fingerprint density at radius 1 is 0.628 bits per heavy atom. The number of ether oxygens (including phenoxy) is 3. The molecule has 4 aromatic rings. The molecule has 232 valence electrons. The highest BCUT2D eigenvalue weighted by atomic mass is 19.4. The summed E-state index contributed by atoms with van der Waals surface area (Å²) in [4.78, 5) is 26.4. The summed E-state index contributed by atoms with van der Waals surface area (Å²) in [6.45, 7) is 1.79. The molecule has 0 aliphatic carbocycles. The van der Waals surface area contributed by atoms with Gasteiger partial charge in [0, 0.05) is 22.9 Å². The monoisotopic (exact) mass is 618 g/mol. The molecule has 2 aromatic carbocycles. The standard InChI is InChI=1S/C22H22N4O3.2C2HF3O2/c23-21-7-3-15-1-5-17(13-19(15)25-21)28-11-9-27-10-12-29-18-6-2-16-4-8-22(24)26-20(16)14-18;2*3-2(4,5)1(6)7/h1-8,13-14H,9-12H2,(H2,23,25)(H2,24,26);2*(H,6,7). The van der Waals surface area contributed by atoms with Crippen molar-refractivity contribution < 1.29 is 60.4 Å². The average molecular weight is 618 g/mol. The van der Waals surface area contributed by atoms with Crippen LogP contribution in [0, 0.1) is 0 Å². The maximum absolute atomic E-state index is 10.6. The molecule has 17 heteroatoms. The molecule has 2 heterocycles. The van der Waals surface area contributed by atoms with Gasteiger partial charge in [0.2, 0.25) is 0 Å². The van der Waals surface area contributed by atoms with Crippen LogP contribution in [0.1, 0.15) is 0 Å². The predicted octanol–water partition coefficient (Wildman–Crippen LogP) is 4.69. The number of carboxylic acid groups (broad SMARTS) is 2. The zero-order chi connectivity index (χ0) is 32.2. The first-order valence-corrected chi connectivity index (χ1v) is 11.8. The fourth-order valence-corrected chi connectivity index (χ4v) is 2.94. The van der Waals surface area contributed by atoms with Crippen LogP contribution in [0.3, 0.4) is 0 Å². The van der Waals surface area contributed by atoms with Crippen LogP contribution in [0.15, 0.2) is 60.7 Å². The first kappa shape index (κ1) is 34.1. The van der Waals surface area contributed by atoms with Crippen LogP contribution in [-0.4, -0.2) is 70.9 Å². The second-order valence-corrected chi connectivity index (χ2v) is 8.10. The number of nitrogens with two attached hydrogens (primary N) is 2. The number of fused-ring (bicyclic) bond motifs is 2. The number of aromatic nitrogens is 2. The lowest BCUT2D eigenvalue weighted by atomic mass is 10.2. The molecule has 0 aliphatic rings. The molecular formula is C26H24F6N4O7. The number of anilines is 2. The van der Waals surface area contributed by atoms with Crippen molar-refractivity contribution >= 4 is 45.4 Å². The topological polar surface area (TPSA) is 180 Å². The van der Waals surface area contributed by atoms with Crippen molar-refractivity contribution in [3.8, 4) is 11.5 Å². The summed E-state index contributed by atoms with van der Waals surface area (Å²) in [5.41, 5.74) is 13.1. The first-order chi connectivity index (χ1) is 20.1. The van der Waals surface area contributed by atoms with Crippen LogP contribution in [0.25, 0.3) is 21.8 Å². The van der Waals surface area contributed by atoms with Crippen molar-refractivity contribution in [2.24, 2.45) is 0 Å². The summed E-state index contributed by atoms with van der Waals surface area (Å²) in [6.07, 6.45) is -10.2. The number of benzene rings is 2. The second-order valence-electron chi connectivity index (χ2n) is 8.10. The molecule has 0 atom stereocenters. The minimum Gasteiger partial charge on any atom is -0.491 e. The zero-order valence-electron chi connectivity index (χ0n) is 21.9. The molecule has 4 rings (SSSR count). The number of carbonyl (C=O) groups is 2. The van der Waals surface area contributed by atoms with Crippen LogP contribution >= 0.6 is 0 Å². The van der Waals surface area contributed by atoms with Gasteiger partial charge in [0.05, 0.1) is 24.2 Å². The Bertz CT molecular complexity index is 1420. The van der Waals surface area contributed by atoms with E-state index in [1.807, 2.05) is 48.5 Å². The molecule has 43 heavy (non-hydrogen) atoms. The minimum absolute atomic E-state index is 0.437. The fourth-order valence-electron chi connectivity index (χ4n) is 2.94. The molecule has 0 spiro atoms. The van der Waals surface area contributed by atoms with E-state index in [-0.39, 0.29) is 0 Å². The first-order valence-electron chi connectivity index (χ1n) is 11.8. The van der Waals surface area contributed by atoms with Crippen molar-refractivity contribution in [2.45, 2.75) is 12.4 Å². The molecule has 0 aliphatic heterocycles. The third-order valence-electron chi connectivity index (χ3n) is 4.85. The van der Waals surface area contributed by atoms with Crippen molar-refractivity contribution in [2.75, 3.05) is 37.9 Å². The van der Waals surface area contributed by atoms with Crippen molar-refractivity contribution in [3.05, 3.63) is 60.7 Å². The molecule has 0 bridgehead atoms. The summed E-state index contributed by atoms with van der Waals surface area (Å²) < 4.78 is 80.5. The Labute approximate surface area is 238 Å². The Balaban J connectivity index is 0.000000384. The van der Waals surface area contributed by atoms with Crippen LogP contribution < -0.4 is 20.9 Å². The highest BCUT2D eigenvalue weighted by Gasteiger charge is 2.38. The zero-order valence-corrected chi connectivity index (χ0v) is 21.9. The van der Waals surface area contributed by atoms with Crippen LogP contribution in [-0.2, 0) is 14.3 Å². The number of carboxylic acids is 2. The maximum atomic E-state index is 10.6. The highest BCUT2D eigenvalue weighted by Crippen LogP contribution is 2.21. The lowest BCUT2D eigenvalue weighted by molar-refractivity contribution is -0.193. The van der Waals surface area contributed by atoms with Gasteiger partial charge in [0.1, 0.15) is 36.3 Å². The number of pyridine rings is 2. The number of halogens is 6. The molecule has 0 unspecified atom stereocenters. The number of hydrogen-bond donors (Lipinski definition) is 4. The smallest absolute Gasteiger partial charge is 0.490 e. The Morgan fingerprint density at radius 3 is 1.28 bits per heavy atom. The van der Waals surface area contributed by atoms with Crippen LogP contribution in [0.5, 0.6) is 11.5 Å². The summed E-state index contributed by atoms with van der Waals surface area (Å²) in [5.74, 6) is -3.07. The quantitative estimate of drug-likeness (QED) is 0.159. The number of alkyl halides is 6. The van der Waals surface area contributed by atoms with Gasteiger partial charge in [-0.05, 0) is 48.5 Å². The Hall–Kier alpha value is -5.06. The molecule has 2 aromatic heterocycles. The normalized spacial score (nSPS) is 11.1. The third-order valence-corrected chi connectivity index (χ3v) is 4.85. The summed E-state index contributed by atoms with van der Waals surface area (Å²) in [5, 5.41) is 16.3. The van der Waals surface area contributed by atoms with E-state index < -0.39 is 24.3 Å². The lowest BCUT2D eigenvalue weighted by Gasteiger charge is -2.09. The van der Waals surface area contributed by atoms with E-state index in [1.54, 1.807) is 12.1 Å². The molecule has 0 amide bonds. The van der Waals surface area contributed by atoms with E-state index in [0.717, 1.165) is 33.3 Å². The van der Waals surface area contributed by atoms with Gasteiger partial charge in [0.25, 0.3) is 0 Å². The number of rotatable bonds is 8. The van der Waals surface area contributed by atoms with Gasteiger partial charge in [-0.1, -0.05) is 0 Å². The summed E-state index contributed by atoms with van der Waals surface area (Å²) in [6, 6.07) is 18.9. The molecule has 6 N–H and O–H groups in total. The van der Waals surface area contributed by atoms with Gasteiger partial charge in [0.15, 0.2) is 0 Å². The van der Waals surface area contributed by atoms with E-state index in [1.165, 1.54) is 0 Å². The van der Waals surface area contributed by atoms with E-state index in [2.05, 4.69) is 9.97 Å². The number of hydrogen-bond acceptors (Lipinski definition) is 9. The van der Waals surface area contributed by atoms with Gasteiger partial charge in [-0.3, -0.25) is 0 Å². The molecule has 0 saturated heterocycles. The number of aliphatic carboxylic acids is 2. The number of nitrogens with zero attached hydrogens (tertiary/aromatic N) is 2. The van der Waals surface area contributed by atoms with Gasteiger partial charge < -0.3 is 35.9 Å². The molecule has 0 saturated carbocycles. The van der Waals surface area contributed by atoms with E-state index in [9.17, 15) is 26.3 Å². The summed E-state index contributed by atoms with van der Waals surface area (Å²) in [7, 11) is 0. The van der Waals surface area contributed by atoms with Gasteiger partial charge in [-0.15, -0.1) is 0 Å². The minimum atomic E-state index is -5.08. The molecule has 11 nitrogen and oxygen atoms in total. The van der Waals surface area contributed by atoms with Gasteiger partial charge in [-0.2, -0.15) is 26.3 Å². The molecule has 0 radical (unpaired) electrons. The molecular weight excluding hydrogens is 594 g/mol. The summed E-state index contributed by atoms with van der Waals surface area (Å²) >= 11 is 0. The van der Waals surface area contributed by atoms with Gasteiger partial charge >= 0.3 is 24.3 Å². The SMILES string of the molecule is Nc1ccc2ccc(OCCOCCOc3ccc4ccc(N)nc4c3)cc2n1.O=C(O)C(F)(F)F.O=C(O)C(F)(F)F. The third kappa shape index (κ3) is 12.1. The maximum Gasteiger partial charge on any atom is 0.490 e. The fraction of sp³-hybridized carbons (Fsp3) is 0.231. The largest absolute Gasteiger partial charge is 0.491 e. The predicted molar refractivity (Wildman–Crippen MR) is 142 cm³/mol. The van der Waals surface area contributed by atoms with Crippen LogP contribution in [0.2, 0.25) is 0 Å². The van der Waals surface area contributed by atoms with Crippen molar-refractivity contribution in [3.63, 3.8) is 0 Å². The van der Waals surface area contributed by atoms with Crippen LogP contribution in [0.4, 0.5) is 38.0 Å². The van der Waals surface area contributed by atoms with E-state index >= 15 is 0 Å². The van der Waals surface area contributed by atoms with Gasteiger partial charge in [-0.25, -0.2) is 19.6 Å². The van der Waals surface area contributed by atoms with Crippen molar-refractivity contribution in [1.29, 1.82) is 0 Å².